The van der Waals surface area contributed by atoms with Crippen LogP contribution >= 0.6 is 11.6 Å². The Morgan fingerprint density at radius 3 is 2.46 bits per heavy atom. The molecular weight excluding hydrogens is 502 g/mol. The molecule has 0 radical (unpaired) electrons. The fraction of sp³-hybridized carbons (Fsp3) is 0.0833. The lowest BCUT2D eigenvalue weighted by atomic mass is 10.0. The van der Waals surface area contributed by atoms with E-state index in [9.17, 15) is 22.0 Å². The number of hydrogen-bond acceptors (Lipinski definition) is 6. The average molecular weight is 519 g/mol. The molecule has 4 rings (SSSR count). The third-order valence-electron chi connectivity index (χ3n) is 4.79. The number of nitrogens with zero attached hydrogens (tertiary/aromatic N) is 1. The Hall–Kier alpha value is -3.76. The summed E-state index contributed by atoms with van der Waals surface area (Å²) in [4.78, 5) is 16.3. The summed E-state index contributed by atoms with van der Waals surface area (Å²) in [6.07, 6.45) is 2.15. The van der Waals surface area contributed by atoms with Gasteiger partial charge in [0, 0.05) is 22.9 Å². The number of rotatable bonds is 7. The standard InChI is InChI=1S/C24H17ClF2N2O5S/c1-35(31,32)29-22(30)16-7-9-19(21(12-16)34-24(26)27)17-11-20(25)23(28-13-17)33-18-8-6-14-4-2-3-5-15(14)10-18/h2-13,24H,1H3,(H,29,30). The van der Waals surface area contributed by atoms with Gasteiger partial charge in [-0.15, -0.1) is 0 Å². The fourth-order valence-corrected chi connectivity index (χ4v) is 3.97. The van der Waals surface area contributed by atoms with Gasteiger partial charge >= 0.3 is 6.61 Å². The summed E-state index contributed by atoms with van der Waals surface area (Å²) >= 11 is 6.35. The number of ether oxygens (including phenoxy) is 2. The van der Waals surface area contributed by atoms with Crippen LogP contribution in [0.25, 0.3) is 21.9 Å². The van der Waals surface area contributed by atoms with E-state index in [4.69, 9.17) is 16.3 Å². The minimum atomic E-state index is -3.85. The van der Waals surface area contributed by atoms with Crippen molar-refractivity contribution in [3.63, 3.8) is 0 Å². The Balaban J connectivity index is 1.64. The van der Waals surface area contributed by atoms with Gasteiger partial charge in [0.15, 0.2) is 0 Å². The van der Waals surface area contributed by atoms with Crippen molar-refractivity contribution in [2.75, 3.05) is 6.26 Å². The second-order valence-corrected chi connectivity index (χ2v) is 9.57. The van der Waals surface area contributed by atoms with Crippen molar-refractivity contribution in [3.8, 4) is 28.5 Å². The van der Waals surface area contributed by atoms with E-state index in [2.05, 4.69) is 9.72 Å². The van der Waals surface area contributed by atoms with Crippen molar-refractivity contribution >= 4 is 38.3 Å². The molecule has 1 aromatic heterocycles. The van der Waals surface area contributed by atoms with E-state index < -0.39 is 22.5 Å². The number of fused-ring (bicyclic) bond motifs is 1. The Kier molecular flexibility index (Phi) is 6.86. The lowest BCUT2D eigenvalue weighted by Crippen LogP contribution is -2.29. The first-order chi connectivity index (χ1) is 16.6. The molecule has 35 heavy (non-hydrogen) atoms. The zero-order valence-corrected chi connectivity index (χ0v) is 19.6. The van der Waals surface area contributed by atoms with Gasteiger partial charge in [-0.05, 0) is 47.2 Å². The Bertz CT molecular complexity index is 1530. The van der Waals surface area contributed by atoms with Crippen molar-refractivity contribution in [2.45, 2.75) is 6.61 Å². The zero-order chi connectivity index (χ0) is 25.2. The van der Waals surface area contributed by atoms with E-state index in [0.29, 0.717) is 11.3 Å². The number of carbonyl (C=O) groups is 1. The summed E-state index contributed by atoms with van der Waals surface area (Å²) < 4.78 is 60.8. The van der Waals surface area contributed by atoms with Crippen LogP contribution in [0.3, 0.4) is 0 Å². The van der Waals surface area contributed by atoms with E-state index >= 15 is 0 Å². The lowest BCUT2D eigenvalue weighted by molar-refractivity contribution is -0.0495. The summed E-state index contributed by atoms with van der Waals surface area (Å²) in [7, 11) is -3.85. The maximum absolute atomic E-state index is 13.0. The van der Waals surface area contributed by atoms with Crippen LogP contribution in [-0.2, 0) is 10.0 Å². The molecule has 0 atom stereocenters. The smallest absolute Gasteiger partial charge is 0.387 e. The molecule has 0 saturated carbocycles. The van der Waals surface area contributed by atoms with Gasteiger partial charge < -0.3 is 9.47 Å². The molecule has 1 amide bonds. The van der Waals surface area contributed by atoms with Crippen molar-refractivity contribution in [3.05, 3.63) is 83.5 Å². The number of hydrogen-bond donors (Lipinski definition) is 1. The van der Waals surface area contributed by atoms with E-state index in [0.717, 1.165) is 23.1 Å². The molecule has 0 unspecified atom stereocenters. The second kappa shape index (κ2) is 9.85. The molecule has 0 spiro atoms. The van der Waals surface area contributed by atoms with E-state index in [1.54, 1.807) is 10.8 Å². The molecule has 11 heteroatoms. The average Bonchev–Trinajstić information content (AvgIpc) is 2.79. The predicted octanol–water partition coefficient (Wildman–Crippen LogP) is 5.64. The van der Waals surface area contributed by atoms with Gasteiger partial charge in [-0.1, -0.05) is 41.9 Å². The molecular formula is C24H17ClF2N2O5S. The normalized spacial score (nSPS) is 11.5. The van der Waals surface area contributed by atoms with E-state index in [-0.39, 0.29) is 27.8 Å². The highest BCUT2D eigenvalue weighted by atomic mass is 35.5. The topological polar surface area (TPSA) is 94.6 Å². The Morgan fingerprint density at radius 2 is 1.77 bits per heavy atom. The van der Waals surface area contributed by atoms with Crippen molar-refractivity contribution in [2.24, 2.45) is 0 Å². The molecule has 180 valence electrons. The predicted molar refractivity (Wildman–Crippen MR) is 128 cm³/mol. The lowest BCUT2D eigenvalue weighted by Gasteiger charge is -2.14. The van der Waals surface area contributed by atoms with Gasteiger partial charge in [-0.3, -0.25) is 4.79 Å². The third-order valence-corrected chi connectivity index (χ3v) is 5.62. The second-order valence-electron chi connectivity index (χ2n) is 7.41. The van der Waals surface area contributed by atoms with Crippen LogP contribution in [0.4, 0.5) is 8.78 Å². The van der Waals surface area contributed by atoms with Crippen molar-refractivity contribution in [1.82, 2.24) is 9.71 Å². The molecule has 0 bridgehead atoms. The van der Waals surface area contributed by atoms with Crippen LogP contribution in [0.5, 0.6) is 17.4 Å². The van der Waals surface area contributed by atoms with Crippen molar-refractivity contribution < 1.29 is 31.5 Å². The maximum atomic E-state index is 13.0. The highest BCUT2D eigenvalue weighted by molar-refractivity contribution is 7.89. The molecule has 4 aromatic rings. The first-order valence-electron chi connectivity index (χ1n) is 10.0. The zero-order valence-electron chi connectivity index (χ0n) is 18.0. The highest BCUT2D eigenvalue weighted by Gasteiger charge is 2.18. The molecule has 0 fully saturated rings. The first-order valence-corrected chi connectivity index (χ1v) is 12.3. The van der Waals surface area contributed by atoms with Gasteiger partial charge in [-0.25, -0.2) is 18.1 Å². The largest absolute Gasteiger partial charge is 0.438 e. The van der Waals surface area contributed by atoms with Crippen molar-refractivity contribution in [1.29, 1.82) is 0 Å². The molecule has 0 saturated heterocycles. The van der Waals surface area contributed by atoms with Gasteiger partial charge in [0.05, 0.1) is 6.26 Å². The number of sulfonamides is 1. The Labute approximate surface area is 204 Å². The molecule has 7 nitrogen and oxygen atoms in total. The molecule has 1 N–H and O–H groups in total. The quantitative estimate of drug-likeness (QED) is 0.340. The monoisotopic (exact) mass is 518 g/mol. The van der Waals surface area contributed by atoms with Gasteiger partial charge in [-0.2, -0.15) is 8.78 Å². The minimum absolute atomic E-state index is 0.103. The van der Waals surface area contributed by atoms with Gasteiger partial charge in [0.25, 0.3) is 5.91 Å². The van der Waals surface area contributed by atoms with Crippen LogP contribution in [-0.4, -0.2) is 32.2 Å². The number of nitrogens with one attached hydrogen (secondary N) is 1. The van der Waals surface area contributed by atoms with Gasteiger partial charge in [0.2, 0.25) is 15.9 Å². The maximum Gasteiger partial charge on any atom is 0.387 e. The molecule has 3 aromatic carbocycles. The van der Waals surface area contributed by atoms with Crippen LogP contribution < -0.4 is 14.2 Å². The first kappa shape index (κ1) is 24.4. The number of amides is 1. The molecule has 0 aliphatic heterocycles. The Morgan fingerprint density at radius 1 is 1.03 bits per heavy atom. The van der Waals surface area contributed by atoms with Crippen LogP contribution in [0.2, 0.25) is 5.02 Å². The van der Waals surface area contributed by atoms with Gasteiger partial charge in [0.1, 0.15) is 16.5 Å². The summed E-state index contributed by atoms with van der Waals surface area (Å²) in [5, 5.41) is 2.11. The summed E-state index contributed by atoms with van der Waals surface area (Å²) in [5.74, 6) is -0.740. The number of halogens is 3. The highest BCUT2D eigenvalue weighted by Crippen LogP contribution is 2.36. The summed E-state index contributed by atoms with van der Waals surface area (Å²) in [6, 6.07) is 18.3. The SMILES string of the molecule is CS(=O)(=O)NC(=O)c1ccc(-c2cnc(Oc3ccc4ccccc4c3)c(Cl)c2)c(OC(F)F)c1. The van der Waals surface area contributed by atoms with Crippen LogP contribution in [0.1, 0.15) is 10.4 Å². The number of pyridine rings is 1. The van der Waals surface area contributed by atoms with E-state index in [1.165, 1.54) is 24.4 Å². The number of alkyl halides is 2. The number of carbonyl (C=O) groups excluding carboxylic acids is 1. The fourth-order valence-electron chi connectivity index (χ4n) is 3.31. The number of aromatic nitrogens is 1. The summed E-state index contributed by atoms with van der Waals surface area (Å²) in [5.41, 5.74) is 0.282. The van der Waals surface area contributed by atoms with E-state index in [1.807, 2.05) is 36.4 Å². The molecule has 1 heterocycles. The molecule has 0 aliphatic carbocycles. The number of benzene rings is 3. The summed E-state index contributed by atoms with van der Waals surface area (Å²) in [6.45, 7) is -3.19. The van der Waals surface area contributed by atoms with Crippen LogP contribution in [0.15, 0.2) is 72.9 Å². The third kappa shape index (κ3) is 6.03. The molecule has 0 aliphatic rings. The van der Waals surface area contributed by atoms with Crippen LogP contribution in [0, 0.1) is 0 Å². The minimum Gasteiger partial charge on any atom is -0.438 e.